The van der Waals surface area contributed by atoms with Crippen LogP contribution < -0.4 is 4.74 Å². The number of nitro groups is 1. The zero-order chi connectivity index (χ0) is 22.1. The zero-order valence-electron chi connectivity index (χ0n) is 16.3. The maximum atomic E-state index is 12.1. The second-order valence-electron chi connectivity index (χ2n) is 7.64. The van der Waals surface area contributed by atoms with Gasteiger partial charge in [0.2, 0.25) is 9.90 Å². The molecular formula is C20H22BrCl3N2O4. The predicted molar refractivity (Wildman–Crippen MR) is 121 cm³/mol. The summed E-state index contributed by atoms with van der Waals surface area (Å²) >= 11 is 21.7. The Bertz CT molecular complexity index is 853. The number of benzene rings is 1. The monoisotopic (exact) mass is 538 g/mol. The van der Waals surface area contributed by atoms with Crippen molar-refractivity contribution in [1.29, 1.82) is 0 Å². The molecule has 164 valence electrons. The number of likely N-dealkylation sites (tertiary alicyclic amines) is 1. The van der Waals surface area contributed by atoms with E-state index in [1.165, 1.54) is 6.92 Å². The third-order valence-electron chi connectivity index (χ3n) is 5.47. The number of hydrogen-bond acceptors (Lipinski definition) is 5. The van der Waals surface area contributed by atoms with Gasteiger partial charge >= 0.3 is 0 Å². The summed E-state index contributed by atoms with van der Waals surface area (Å²) in [6, 6.07) is 3.99. The first-order chi connectivity index (χ1) is 14.1. The van der Waals surface area contributed by atoms with Crippen molar-refractivity contribution in [1.82, 2.24) is 4.90 Å². The Kier molecular flexibility index (Phi) is 7.59. The fourth-order valence-corrected chi connectivity index (χ4v) is 5.09. The van der Waals surface area contributed by atoms with Crippen LogP contribution >= 0.6 is 50.7 Å². The Balaban J connectivity index is 2.08. The molecule has 2 aliphatic heterocycles. The molecule has 0 N–H and O–H groups in total. The number of allylic oxidation sites excluding steroid dienone is 2. The van der Waals surface area contributed by atoms with Gasteiger partial charge in [0, 0.05) is 40.2 Å². The van der Waals surface area contributed by atoms with Crippen LogP contribution in [0.5, 0.6) is 5.75 Å². The van der Waals surface area contributed by atoms with Gasteiger partial charge in [0.15, 0.2) is 5.78 Å². The van der Waals surface area contributed by atoms with E-state index >= 15 is 0 Å². The van der Waals surface area contributed by atoms with Crippen LogP contribution in [0.2, 0.25) is 0 Å². The maximum Gasteiger partial charge on any atom is 0.260 e. The minimum atomic E-state index is -1.99. The first-order valence-electron chi connectivity index (χ1n) is 9.70. The highest BCUT2D eigenvalue weighted by Gasteiger charge is 2.55. The summed E-state index contributed by atoms with van der Waals surface area (Å²) in [6.45, 7) is 3.10. The second kappa shape index (κ2) is 9.63. The first kappa shape index (κ1) is 23.6. The van der Waals surface area contributed by atoms with E-state index in [0.29, 0.717) is 11.3 Å². The Morgan fingerprint density at radius 3 is 2.57 bits per heavy atom. The molecule has 3 atom stereocenters. The van der Waals surface area contributed by atoms with E-state index in [0.717, 1.165) is 42.5 Å². The molecular weight excluding hydrogens is 518 g/mol. The molecule has 2 heterocycles. The molecule has 1 aromatic rings. The number of carbonyl (C=O) groups is 1. The average Bonchev–Trinajstić information content (AvgIpc) is 2.66. The van der Waals surface area contributed by atoms with E-state index in [9.17, 15) is 14.9 Å². The van der Waals surface area contributed by atoms with Crippen LogP contribution in [-0.2, 0) is 4.79 Å². The summed E-state index contributed by atoms with van der Waals surface area (Å²) < 4.78 is 4.58. The molecule has 1 fully saturated rings. The Labute approximate surface area is 198 Å². The molecule has 2 aliphatic rings. The Hall–Kier alpha value is -1.02. The molecule has 0 amide bonds. The molecule has 0 aromatic heterocycles. The van der Waals surface area contributed by atoms with E-state index < -0.39 is 26.8 Å². The molecule has 0 unspecified atom stereocenters. The lowest BCUT2D eigenvalue weighted by Crippen LogP contribution is -2.52. The number of ketones is 1. The lowest BCUT2D eigenvalue weighted by Gasteiger charge is -2.39. The Morgan fingerprint density at radius 2 is 2.00 bits per heavy atom. The summed E-state index contributed by atoms with van der Waals surface area (Å²) in [4.78, 5) is 25.8. The van der Waals surface area contributed by atoms with Gasteiger partial charge in [0.1, 0.15) is 5.75 Å². The van der Waals surface area contributed by atoms with Crippen molar-refractivity contribution in [3.63, 3.8) is 0 Å². The van der Waals surface area contributed by atoms with Crippen LogP contribution in [0.25, 0.3) is 0 Å². The third kappa shape index (κ3) is 5.42. The summed E-state index contributed by atoms with van der Waals surface area (Å²) in [6.07, 6.45) is 3.73. The number of hydrogen-bond donors (Lipinski definition) is 0. The molecule has 0 bridgehead atoms. The van der Waals surface area contributed by atoms with Gasteiger partial charge in [-0.3, -0.25) is 14.9 Å². The summed E-state index contributed by atoms with van der Waals surface area (Å²) in [5, 5.41) is 12.1. The van der Waals surface area contributed by atoms with Gasteiger partial charge in [-0.1, -0.05) is 50.7 Å². The molecule has 0 spiro atoms. The van der Waals surface area contributed by atoms with Crippen molar-refractivity contribution in [2.75, 3.05) is 13.1 Å². The topological polar surface area (TPSA) is 72.7 Å². The standard InChI is InChI=1S/C20H22BrCl3N2O4/c1-12(27)9-14(25-7-3-2-4-8-25)11-16-15-10-13(21)5-6-17(15)30-19(20(22,23)24)18(16)26(28)29/h5-6,9-10,16,18-19H,2-4,7-8,11H2,1H3/b14-9+/t16-,18+,19-/m0/s1. The van der Waals surface area contributed by atoms with Gasteiger partial charge in [-0.25, -0.2) is 0 Å². The summed E-state index contributed by atoms with van der Waals surface area (Å²) in [5.41, 5.74) is 1.43. The molecule has 10 heteroatoms. The van der Waals surface area contributed by atoms with Crippen molar-refractivity contribution in [2.45, 2.75) is 54.5 Å². The molecule has 1 aromatic carbocycles. The van der Waals surface area contributed by atoms with E-state index in [-0.39, 0.29) is 12.2 Å². The summed E-state index contributed by atoms with van der Waals surface area (Å²) in [7, 11) is 0. The number of carbonyl (C=O) groups excluding carboxylic acids is 1. The molecule has 1 saturated heterocycles. The van der Waals surface area contributed by atoms with Crippen molar-refractivity contribution in [3.8, 4) is 5.75 Å². The highest BCUT2D eigenvalue weighted by molar-refractivity contribution is 9.10. The minimum Gasteiger partial charge on any atom is -0.478 e. The number of alkyl halides is 3. The van der Waals surface area contributed by atoms with E-state index in [2.05, 4.69) is 20.8 Å². The lowest BCUT2D eigenvalue weighted by molar-refractivity contribution is -0.538. The molecule has 0 saturated carbocycles. The quantitative estimate of drug-likeness (QED) is 0.209. The smallest absolute Gasteiger partial charge is 0.260 e. The number of nitrogens with zero attached hydrogens (tertiary/aromatic N) is 2. The van der Waals surface area contributed by atoms with E-state index in [4.69, 9.17) is 39.5 Å². The highest BCUT2D eigenvalue weighted by Crippen LogP contribution is 2.48. The number of halogens is 4. The fraction of sp³-hybridized carbons (Fsp3) is 0.550. The predicted octanol–water partition coefficient (Wildman–Crippen LogP) is 5.66. The van der Waals surface area contributed by atoms with Crippen LogP contribution in [0.1, 0.15) is 44.1 Å². The zero-order valence-corrected chi connectivity index (χ0v) is 20.2. The molecule has 6 nitrogen and oxygen atoms in total. The molecule has 3 rings (SSSR count). The van der Waals surface area contributed by atoms with Crippen molar-refractivity contribution in [2.24, 2.45) is 0 Å². The van der Waals surface area contributed by atoms with Gasteiger partial charge in [0.25, 0.3) is 6.04 Å². The molecule has 30 heavy (non-hydrogen) atoms. The van der Waals surface area contributed by atoms with Crippen molar-refractivity contribution >= 4 is 56.5 Å². The molecule has 0 aliphatic carbocycles. The van der Waals surface area contributed by atoms with E-state index in [1.807, 2.05) is 0 Å². The SMILES string of the molecule is CC(=O)/C=C(\C[C@H]1c2cc(Br)ccc2O[C@H](C(Cl)(Cl)Cl)[C@@H]1[N+](=O)[O-])N1CCCCC1. The van der Waals surface area contributed by atoms with Crippen LogP contribution in [0.3, 0.4) is 0 Å². The number of piperidine rings is 1. The number of rotatable bonds is 5. The fourth-order valence-electron chi connectivity index (χ4n) is 4.19. The third-order valence-corrected chi connectivity index (χ3v) is 6.61. The van der Waals surface area contributed by atoms with Crippen molar-refractivity contribution in [3.05, 3.63) is 50.1 Å². The van der Waals surface area contributed by atoms with Gasteiger partial charge in [0.05, 0.1) is 5.92 Å². The highest BCUT2D eigenvalue weighted by atomic mass is 79.9. The number of fused-ring (bicyclic) bond motifs is 1. The minimum absolute atomic E-state index is 0.104. The van der Waals surface area contributed by atoms with Crippen LogP contribution in [0.15, 0.2) is 34.4 Å². The lowest BCUT2D eigenvalue weighted by atomic mass is 9.82. The largest absolute Gasteiger partial charge is 0.478 e. The van der Waals surface area contributed by atoms with Gasteiger partial charge in [-0.2, -0.15) is 0 Å². The maximum absolute atomic E-state index is 12.1. The average molecular weight is 541 g/mol. The van der Waals surface area contributed by atoms with Crippen LogP contribution in [0.4, 0.5) is 0 Å². The van der Waals surface area contributed by atoms with Crippen LogP contribution in [0, 0.1) is 10.1 Å². The van der Waals surface area contributed by atoms with Crippen molar-refractivity contribution < 1.29 is 14.5 Å². The van der Waals surface area contributed by atoms with Crippen LogP contribution in [-0.4, -0.2) is 44.6 Å². The Morgan fingerprint density at radius 1 is 1.33 bits per heavy atom. The molecule has 0 radical (unpaired) electrons. The first-order valence-corrected chi connectivity index (χ1v) is 11.6. The normalized spacial score (nSPS) is 24.8. The van der Waals surface area contributed by atoms with E-state index in [1.54, 1.807) is 24.3 Å². The van der Waals surface area contributed by atoms with Gasteiger partial charge in [-0.15, -0.1) is 0 Å². The second-order valence-corrected chi connectivity index (χ2v) is 10.9. The van der Waals surface area contributed by atoms with Gasteiger partial charge in [-0.05, 0) is 50.5 Å². The number of ether oxygens (including phenoxy) is 1. The summed E-state index contributed by atoms with van der Waals surface area (Å²) in [5.74, 6) is -0.291. The van der Waals surface area contributed by atoms with Gasteiger partial charge < -0.3 is 9.64 Å².